The minimum atomic E-state index is 0.349. The Morgan fingerprint density at radius 2 is 2.00 bits per heavy atom. The number of hydrogen-bond acceptors (Lipinski definition) is 0. The molecule has 2 heteroatoms. The Morgan fingerprint density at radius 1 is 1.11 bits per heavy atom. The van der Waals surface area contributed by atoms with Crippen LogP contribution in [0.25, 0.3) is 0 Å². The summed E-state index contributed by atoms with van der Waals surface area (Å²) in [5, 5.41) is 0. The molecule has 0 aromatic carbocycles. The van der Waals surface area contributed by atoms with E-state index in [1.54, 1.807) is 0 Å². The molecular formula is C16H12BBr. The van der Waals surface area contributed by atoms with Gasteiger partial charge in [-0.05, 0) is 41.1 Å². The molecule has 0 aromatic heterocycles. The molecule has 2 unspecified atom stereocenters. The van der Waals surface area contributed by atoms with Crippen LogP contribution in [0.3, 0.4) is 0 Å². The van der Waals surface area contributed by atoms with E-state index in [4.69, 9.17) is 7.85 Å². The Kier molecular flexibility index (Phi) is 2.26. The van der Waals surface area contributed by atoms with Crippen molar-refractivity contribution in [2.24, 2.45) is 11.8 Å². The van der Waals surface area contributed by atoms with E-state index in [-0.39, 0.29) is 0 Å². The van der Waals surface area contributed by atoms with Gasteiger partial charge < -0.3 is 0 Å². The van der Waals surface area contributed by atoms with Gasteiger partial charge in [-0.2, -0.15) is 0 Å². The van der Waals surface area contributed by atoms with Crippen molar-refractivity contribution < 1.29 is 0 Å². The molecule has 0 saturated carbocycles. The summed E-state index contributed by atoms with van der Waals surface area (Å²) in [6, 6.07) is 0. The number of allylic oxidation sites excluding steroid dienone is 12. The number of halogens is 1. The third kappa shape index (κ3) is 1.33. The highest BCUT2D eigenvalue weighted by Gasteiger charge is 2.37. The maximum atomic E-state index is 6.17. The first kappa shape index (κ1) is 10.9. The highest BCUT2D eigenvalue weighted by molar-refractivity contribution is 9.11. The standard InChI is InChI=1S/C16H12BBr/c17-13-7-3-9-2-6-12-14(18)8-4-10-1-5-11(13)15(9)16(10)12/h1-3,5-7,11,15H,4,8H2. The molecule has 4 aliphatic rings. The molecule has 0 aliphatic heterocycles. The molecule has 0 fully saturated rings. The monoisotopic (exact) mass is 294 g/mol. The van der Waals surface area contributed by atoms with Crippen LogP contribution in [0.5, 0.6) is 0 Å². The van der Waals surface area contributed by atoms with Gasteiger partial charge in [-0.25, -0.2) is 0 Å². The molecule has 0 nitrogen and oxygen atoms in total. The zero-order valence-electron chi connectivity index (χ0n) is 9.99. The Labute approximate surface area is 117 Å². The van der Waals surface area contributed by atoms with E-state index < -0.39 is 0 Å². The van der Waals surface area contributed by atoms with Gasteiger partial charge >= 0.3 is 0 Å². The Morgan fingerprint density at radius 3 is 2.89 bits per heavy atom. The van der Waals surface area contributed by atoms with Crippen molar-refractivity contribution in [2.75, 3.05) is 0 Å². The van der Waals surface area contributed by atoms with Crippen molar-refractivity contribution in [3.05, 3.63) is 68.7 Å². The summed E-state index contributed by atoms with van der Waals surface area (Å²) in [4.78, 5) is 0. The average Bonchev–Trinajstić information content (AvgIpc) is 2.40. The minimum absolute atomic E-state index is 0.349. The third-order valence-corrected chi connectivity index (χ3v) is 5.20. The van der Waals surface area contributed by atoms with Gasteiger partial charge in [0, 0.05) is 10.4 Å². The zero-order chi connectivity index (χ0) is 12.3. The van der Waals surface area contributed by atoms with Crippen LogP contribution in [-0.4, -0.2) is 7.85 Å². The van der Waals surface area contributed by atoms with Crippen molar-refractivity contribution in [3.63, 3.8) is 0 Å². The van der Waals surface area contributed by atoms with Crippen molar-refractivity contribution in [1.29, 1.82) is 0 Å². The lowest BCUT2D eigenvalue weighted by atomic mass is 9.61. The van der Waals surface area contributed by atoms with Gasteiger partial charge in [0.05, 0.1) is 0 Å². The van der Waals surface area contributed by atoms with Gasteiger partial charge in [-0.15, -0.1) is 5.47 Å². The van der Waals surface area contributed by atoms with Gasteiger partial charge in [-0.1, -0.05) is 52.4 Å². The van der Waals surface area contributed by atoms with Crippen molar-refractivity contribution in [1.82, 2.24) is 0 Å². The highest BCUT2D eigenvalue weighted by Crippen LogP contribution is 2.51. The fourth-order valence-corrected chi connectivity index (χ4v) is 4.03. The Balaban J connectivity index is 2.00. The summed E-state index contributed by atoms with van der Waals surface area (Å²) in [5.74, 6) is 0.796. The quantitative estimate of drug-likeness (QED) is 0.590. The lowest BCUT2D eigenvalue weighted by Crippen LogP contribution is -2.29. The van der Waals surface area contributed by atoms with E-state index in [1.807, 2.05) is 0 Å². The first-order valence-corrected chi connectivity index (χ1v) is 7.20. The highest BCUT2D eigenvalue weighted by atomic mass is 79.9. The van der Waals surface area contributed by atoms with E-state index in [0.29, 0.717) is 11.8 Å². The number of hydrogen-bond donors (Lipinski definition) is 0. The first-order valence-electron chi connectivity index (χ1n) is 6.41. The third-order valence-electron chi connectivity index (χ3n) is 4.37. The summed E-state index contributed by atoms with van der Waals surface area (Å²) < 4.78 is 1.35. The molecule has 0 bridgehead atoms. The van der Waals surface area contributed by atoms with Crippen molar-refractivity contribution in [3.8, 4) is 0 Å². The second-order valence-electron chi connectivity index (χ2n) is 5.29. The molecule has 4 rings (SSSR count). The van der Waals surface area contributed by atoms with Crippen molar-refractivity contribution >= 4 is 23.8 Å². The summed E-state index contributed by atoms with van der Waals surface area (Å²) >= 11 is 3.74. The van der Waals surface area contributed by atoms with Crippen LogP contribution in [0.1, 0.15) is 12.8 Å². The molecule has 86 valence electrons. The fourth-order valence-electron chi connectivity index (χ4n) is 3.49. The summed E-state index contributed by atoms with van der Waals surface area (Å²) in [6.07, 6.45) is 15.6. The molecular weight excluding hydrogens is 283 g/mol. The van der Waals surface area contributed by atoms with Gasteiger partial charge in [0.15, 0.2) is 0 Å². The second kappa shape index (κ2) is 3.74. The Hall–Kier alpha value is -1.02. The van der Waals surface area contributed by atoms with E-state index in [0.717, 1.165) is 18.3 Å². The molecule has 4 aliphatic carbocycles. The maximum absolute atomic E-state index is 6.17. The fraction of sp³-hybridized carbons (Fsp3) is 0.250. The van der Waals surface area contributed by atoms with Crippen LogP contribution < -0.4 is 0 Å². The van der Waals surface area contributed by atoms with Gasteiger partial charge in [0.25, 0.3) is 0 Å². The molecule has 18 heavy (non-hydrogen) atoms. The average molecular weight is 295 g/mol. The van der Waals surface area contributed by atoms with Crippen LogP contribution in [0.4, 0.5) is 0 Å². The van der Waals surface area contributed by atoms with Gasteiger partial charge in [-0.3, -0.25) is 0 Å². The van der Waals surface area contributed by atoms with Crippen LogP contribution >= 0.6 is 15.9 Å². The number of rotatable bonds is 0. The normalized spacial score (nSPS) is 32.3. The predicted octanol–water partition coefficient (Wildman–Crippen LogP) is 4.09. The zero-order valence-corrected chi connectivity index (χ0v) is 11.6. The van der Waals surface area contributed by atoms with Crippen LogP contribution in [0, 0.1) is 11.8 Å². The summed E-state index contributed by atoms with van der Waals surface area (Å²) in [7, 11) is 6.17. The van der Waals surface area contributed by atoms with E-state index >= 15 is 0 Å². The first-order chi connectivity index (χ1) is 8.75. The largest absolute Gasteiger partial charge is 0.110 e. The molecule has 0 aromatic rings. The summed E-state index contributed by atoms with van der Waals surface area (Å²) in [6.45, 7) is 0. The minimum Gasteiger partial charge on any atom is -0.110 e. The van der Waals surface area contributed by atoms with Crippen molar-refractivity contribution in [2.45, 2.75) is 12.8 Å². The molecule has 2 radical (unpaired) electrons. The lowest BCUT2D eigenvalue weighted by Gasteiger charge is -2.41. The summed E-state index contributed by atoms with van der Waals surface area (Å²) in [5.41, 5.74) is 6.78. The van der Waals surface area contributed by atoms with Crippen LogP contribution in [-0.2, 0) is 0 Å². The predicted molar refractivity (Wildman–Crippen MR) is 79.4 cm³/mol. The maximum Gasteiger partial charge on any atom is 0.108 e. The van der Waals surface area contributed by atoms with Crippen LogP contribution in [0.15, 0.2) is 68.7 Å². The molecule has 0 saturated heterocycles. The topological polar surface area (TPSA) is 0 Å². The van der Waals surface area contributed by atoms with Crippen LogP contribution in [0.2, 0.25) is 0 Å². The second-order valence-corrected chi connectivity index (χ2v) is 6.24. The molecule has 0 spiro atoms. The molecule has 2 atom stereocenters. The SMILES string of the molecule is [B]C1=CC=C2C=CC3=C(Br)CCC4=C3C2C1C=C4. The Bertz CT molecular complexity index is 625. The van der Waals surface area contributed by atoms with E-state index in [2.05, 4.69) is 52.4 Å². The molecule has 0 N–H and O–H groups in total. The van der Waals surface area contributed by atoms with Gasteiger partial charge in [0.1, 0.15) is 7.85 Å². The smallest absolute Gasteiger partial charge is 0.108 e. The van der Waals surface area contributed by atoms with E-state index in [9.17, 15) is 0 Å². The molecule has 0 heterocycles. The van der Waals surface area contributed by atoms with E-state index in [1.165, 1.54) is 26.8 Å². The lowest BCUT2D eigenvalue weighted by molar-refractivity contribution is 0.578. The molecule has 0 amide bonds. The van der Waals surface area contributed by atoms with Gasteiger partial charge in [0.2, 0.25) is 0 Å².